The summed E-state index contributed by atoms with van der Waals surface area (Å²) in [5, 5.41) is 3.32. The van der Waals surface area contributed by atoms with E-state index in [4.69, 9.17) is 9.31 Å². The van der Waals surface area contributed by atoms with Crippen LogP contribution in [0.5, 0.6) is 0 Å². The first-order chi connectivity index (χ1) is 13.4. The largest absolute Gasteiger partial charge is 0.497 e. The molecule has 0 saturated carbocycles. The van der Waals surface area contributed by atoms with Crippen LogP contribution in [0.1, 0.15) is 38.8 Å². The van der Waals surface area contributed by atoms with Crippen molar-refractivity contribution < 1.29 is 22.5 Å². The zero-order chi connectivity index (χ0) is 21.4. The molecular formula is C21H25BF3NO2S. The maximum Gasteiger partial charge on any atom is 0.497 e. The Morgan fingerprint density at radius 3 is 2.07 bits per heavy atom. The fourth-order valence-electron chi connectivity index (χ4n) is 3.00. The van der Waals surface area contributed by atoms with Gasteiger partial charge in [0, 0.05) is 22.6 Å². The minimum Gasteiger partial charge on any atom is -0.399 e. The normalized spacial score (nSPS) is 18.1. The van der Waals surface area contributed by atoms with E-state index < -0.39 is 30.1 Å². The van der Waals surface area contributed by atoms with Gasteiger partial charge < -0.3 is 14.6 Å². The highest BCUT2D eigenvalue weighted by Crippen LogP contribution is 2.37. The predicted octanol–water partition coefficient (Wildman–Crippen LogP) is 5.34. The summed E-state index contributed by atoms with van der Waals surface area (Å²) < 4.78 is 50.6. The minimum absolute atomic E-state index is 0.392. The van der Waals surface area contributed by atoms with Gasteiger partial charge in [0.15, 0.2) is 0 Å². The molecule has 0 unspecified atom stereocenters. The standard InChI is InChI=1S/C21H25BF3NO2S/c1-19(2)20(3,4)28-22(27-19)17-12-16(29-5)10-11-18(17)26-13-14-6-8-15(9-7-14)21(23,24)25/h6-12,26H,13H2,1-5H3. The van der Waals surface area contributed by atoms with E-state index in [9.17, 15) is 13.2 Å². The number of halogens is 3. The first-order valence-electron chi connectivity index (χ1n) is 9.36. The van der Waals surface area contributed by atoms with Gasteiger partial charge in [-0.25, -0.2) is 0 Å². The molecule has 0 amide bonds. The van der Waals surface area contributed by atoms with Gasteiger partial charge in [-0.1, -0.05) is 12.1 Å². The molecule has 0 aromatic heterocycles. The van der Waals surface area contributed by atoms with Gasteiger partial charge in [0.25, 0.3) is 0 Å². The molecule has 1 aliphatic heterocycles. The molecule has 1 saturated heterocycles. The van der Waals surface area contributed by atoms with Crippen molar-refractivity contribution >= 4 is 30.0 Å². The highest BCUT2D eigenvalue weighted by atomic mass is 32.2. The summed E-state index contributed by atoms with van der Waals surface area (Å²) in [6.07, 6.45) is -2.33. The Balaban J connectivity index is 1.81. The van der Waals surface area contributed by atoms with Gasteiger partial charge >= 0.3 is 13.3 Å². The molecule has 29 heavy (non-hydrogen) atoms. The lowest BCUT2D eigenvalue weighted by molar-refractivity contribution is -0.137. The van der Waals surface area contributed by atoms with Gasteiger partial charge in [0.05, 0.1) is 16.8 Å². The zero-order valence-electron chi connectivity index (χ0n) is 17.2. The van der Waals surface area contributed by atoms with Crippen molar-refractivity contribution in [3.63, 3.8) is 0 Å². The summed E-state index contributed by atoms with van der Waals surface area (Å²) in [6.45, 7) is 8.40. The third kappa shape index (κ3) is 4.76. The van der Waals surface area contributed by atoms with E-state index in [-0.39, 0.29) is 0 Å². The number of benzene rings is 2. The Labute approximate surface area is 174 Å². The number of hydrogen-bond acceptors (Lipinski definition) is 4. The summed E-state index contributed by atoms with van der Waals surface area (Å²) in [5.41, 5.74) is 0.897. The first-order valence-corrected chi connectivity index (χ1v) is 10.6. The molecule has 2 aromatic rings. The molecule has 0 bridgehead atoms. The van der Waals surface area contributed by atoms with Crippen LogP contribution in [0.2, 0.25) is 0 Å². The van der Waals surface area contributed by atoms with Gasteiger partial charge in [-0.05, 0) is 69.8 Å². The van der Waals surface area contributed by atoms with Crippen LogP contribution >= 0.6 is 11.8 Å². The number of rotatable bonds is 5. The van der Waals surface area contributed by atoms with Crippen molar-refractivity contribution in [2.45, 2.75) is 56.5 Å². The summed E-state index contributed by atoms with van der Waals surface area (Å²) in [4.78, 5) is 1.08. The van der Waals surface area contributed by atoms with Crippen LogP contribution in [-0.4, -0.2) is 24.6 Å². The van der Waals surface area contributed by atoms with Crippen LogP contribution in [0.15, 0.2) is 47.4 Å². The maximum atomic E-state index is 12.7. The Hall–Kier alpha value is -1.64. The van der Waals surface area contributed by atoms with Crippen molar-refractivity contribution in [1.82, 2.24) is 0 Å². The highest BCUT2D eigenvalue weighted by molar-refractivity contribution is 7.98. The van der Waals surface area contributed by atoms with Gasteiger partial charge in [-0.15, -0.1) is 11.8 Å². The van der Waals surface area contributed by atoms with Crippen LogP contribution in [-0.2, 0) is 22.0 Å². The Morgan fingerprint density at radius 2 is 1.55 bits per heavy atom. The smallest absolute Gasteiger partial charge is 0.399 e. The average molecular weight is 423 g/mol. The van der Waals surface area contributed by atoms with Crippen molar-refractivity contribution in [2.75, 3.05) is 11.6 Å². The topological polar surface area (TPSA) is 30.5 Å². The third-order valence-corrected chi connectivity index (χ3v) is 6.26. The van der Waals surface area contributed by atoms with Gasteiger partial charge in [0.1, 0.15) is 0 Å². The molecule has 1 fully saturated rings. The predicted molar refractivity (Wildman–Crippen MR) is 113 cm³/mol. The fourth-order valence-corrected chi connectivity index (χ4v) is 3.45. The van der Waals surface area contributed by atoms with Crippen LogP contribution in [0.25, 0.3) is 0 Å². The number of anilines is 1. The quantitative estimate of drug-likeness (QED) is 0.520. The highest BCUT2D eigenvalue weighted by Gasteiger charge is 2.52. The molecule has 2 aromatic carbocycles. The molecular weight excluding hydrogens is 398 g/mol. The number of alkyl halides is 3. The minimum atomic E-state index is -4.33. The molecule has 3 nitrogen and oxygen atoms in total. The van der Waals surface area contributed by atoms with Crippen molar-refractivity contribution in [3.8, 4) is 0 Å². The molecule has 1 heterocycles. The molecule has 0 spiro atoms. The van der Waals surface area contributed by atoms with E-state index >= 15 is 0 Å². The van der Waals surface area contributed by atoms with Crippen molar-refractivity contribution in [3.05, 3.63) is 53.6 Å². The Morgan fingerprint density at radius 1 is 0.966 bits per heavy atom. The molecule has 1 N–H and O–H groups in total. The molecule has 3 rings (SSSR count). The van der Waals surface area contributed by atoms with Crippen LogP contribution in [0, 0.1) is 0 Å². The maximum absolute atomic E-state index is 12.7. The second kappa shape index (κ2) is 7.89. The monoisotopic (exact) mass is 423 g/mol. The van der Waals surface area contributed by atoms with E-state index in [1.165, 1.54) is 12.1 Å². The lowest BCUT2D eigenvalue weighted by Gasteiger charge is -2.32. The average Bonchev–Trinajstić information content (AvgIpc) is 2.87. The molecule has 0 atom stereocenters. The van der Waals surface area contributed by atoms with Gasteiger partial charge in [-0.3, -0.25) is 0 Å². The molecule has 156 valence electrons. The first kappa shape index (κ1) is 22.1. The van der Waals surface area contributed by atoms with Crippen LogP contribution in [0.3, 0.4) is 0 Å². The Kier molecular flexibility index (Phi) is 6.00. The van der Waals surface area contributed by atoms with E-state index in [0.29, 0.717) is 6.54 Å². The van der Waals surface area contributed by atoms with E-state index in [1.807, 2.05) is 52.1 Å². The van der Waals surface area contributed by atoms with E-state index in [2.05, 4.69) is 5.32 Å². The summed E-state index contributed by atoms with van der Waals surface area (Å²) >= 11 is 1.62. The Bertz CT molecular complexity index is 853. The van der Waals surface area contributed by atoms with Gasteiger partial charge in [0.2, 0.25) is 0 Å². The fraction of sp³-hybridized carbons (Fsp3) is 0.429. The van der Waals surface area contributed by atoms with E-state index in [1.54, 1.807) is 11.8 Å². The SMILES string of the molecule is CSc1ccc(NCc2ccc(C(F)(F)F)cc2)c(B2OC(C)(C)C(C)(C)O2)c1. The molecule has 1 aliphatic rings. The van der Waals surface area contributed by atoms with Crippen LogP contribution < -0.4 is 10.8 Å². The van der Waals surface area contributed by atoms with Crippen molar-refractivity contribution in [2.24, 2.45) is 0 Å². The lowest BCUT2D eigenvalue weighted by Crippen LogP contribution is -2.41. The summed E-state index contributed by atoms with van der Waals surface area (Å²) in [7, 11) is -0.526. The van der Waals surface area contributed by atoms with Gasteiger partial charge in [-0.2, -0.15) is 13.2 Å². The van der Waals surface area contributed by atoms with Crippen molar-refractivity contribution in [1.29, 1.82) is 0 Å². The summed E-state index contributed by atoms with van der Waals surface area (Å²) in [6, 6.07) is 11.2. The lowest BCUT2D eigenvalue weighted by atomic mass is 9.77. The third-order valence-electron chi connectivity index (χ3n) is 5.53. The van der Waals surface area contributed by atoms with E-state index in [0.717, 1.165) is 33.7 Å². The zero-order valence-corrected chi connectivity index (χ0v) is 18.0. The number of thioether (sulfide) groups is 1. The molecule has 8 heteroatoms. The second-order valence-corrected chi connectivity index (χ2v) is 8.97. The van der Waals surface area contributed by atoms with Crippen LogP contribution in [0.4, 0.5) is 18.9 Å². The second-order valence-electron chi connectivity index (χ2n) is 8.09. The number of hydrogen-bond donors (Lipinski definition) is 1. The molecule has 0 radical (unpaired) electrons. The molecule has 0 aliphatic carbocycles. The summed E-state index contributed by atoms with van der Waals surface area (Å²) in [5.74, 6) is 0. The number of nitrogens with one attached hydrogen (secondary N) is 1.